The summed E-state index contributed by atoms with van der Waals surface area (Å²) < 4.78 is 14.2. The van der Waals surface area contributed by atoms with Gasteiger partial charge in [-0.15, -0.1) is 0 Å². The molecule has 2 aromatic rings. The topological polar surface area (TPSA) is 40.6 Å². The molecule has 0 N–H and O–H groups in total. The lowest BCUT2D eigenvalue weighted by Crippen LogP contribution is -2.37. The van der Waals surface area contributed by atoms with Gasteiger partial charge in [-0.1, -0.05) is 24.3 Å². The van der Waals surface area contributed by atoms with Crippen molar-refractivity contribution in [3.05, 3.63) is 64.4 Å². The van der Waals surface area contributed by atoms with Gasteiger partial charge >= 0.3 is 0 Å². The fourth-order valence-corrected chi connectivity index (χ4v) is 3.73. The molecule has 1 saturated heterocycles. The highest BCUT2D eigenvalue weighted by Gasteiger charge is 2.37. The van der Waals surface area contributed by atoms with Gasteiger partial charge in [-0.05, 0) is 52.7 Å². The highest BCUT2D eigenvalue weighted by molar-refractivity contribution is 9.10. The van der Waals surface area contributed by atoms with Crippen molar-refractivity contribution in [3.63, 3.8) is 0 Å². The van der Waals surface area contributed by atoms with Crippen molar-refractivity contribution in [2.24, 2.45) is 5.92 Å². The SMILES string of the molecule is CCN(Cc1cccc(F)c1)C(=O)C1CC(=O)N(c2ccccc2Br)C1. The van der Waals surface area contributed by atoms with Crippen molar-refractivity contribution in [1.82, 2.24) is 4.90 Å². The number of para-hydroxylation sites is 1. The van der Waals surface area contributed by atoms with E-state index in [0.29, 0.717) is 19.6 Å². The van der Waals surface area contributed by atoms with E-state index in [1.54, 1.807) is 21.9 Å². The van der Waals surface area contributed by atoms with Crippen molar-refractivity contribution in [2.75, 3.05) is 18.0 Å². The largest absolute Gasteiger partial charge is 0.338 e. The summed E-state index contributed by atoms with van der Waals surface area (Å²) in [7, 11) is 0. The smallest absolute Gasteiger partial charge is 0.228 e. The van der Waals surface area contributed by atoms with Crippen LogP contribution in [0.3, 0.4) is 0 Å². The third-order valence-corrected chi connectivity index (χ3v) is 5.24. The van der Waals surface area contributed by atoms with E-state index in [-0.39, 0.29) is 30.0 Å². The molecular weight excluding hydrogens is 399 g/mol. The van der Waals surface area contributed by atoms with E-state index in [0.717, 1.165) is 15.7 Å². The van der Waals surface area contributed by atoms with Crippen LogP contribution in [0.5, 0.6) is 0 Å². The lowest BCUT2D eigenvalue weighted by molar-refractivity contribution is -0.136. The van der Waals surface area contributed by atoms with Crippen molar-refractivity contribution >= 4 is 33.4 Å². The zero-order valence-corrected chi connectivity index (χ0v) is 16.1. The zero-order valence-electron chi connectivity index (χ0n) is 14.5. The number of amides is 2. The minimum atomic E-state index is -0.386. The van der Waals surface area contributed by atoms with Crippen LogP contribution in [0.4, 0.5) is 10.1 Å². The molecule has 1 heterocycles. The second-order valence-corrected chi connectivity index (χ2v) is 7.19. The summed E-state index contributed by atoms with van der Waals surface area (Å²) in [6, 6.07) is 13.7. The Morgan fingerprint density at radius 2 is 2.04 bits per heavy atom. The van der Waals surface area contributed by atoms with Gasteiger partial charge in [0.15, 0.2) is 0 Å². The van der Waals surface area contributed by atoms with Gasteiger partial charge in [-0.3, -0.25) is 9.59 Å². The molecule has 1 aliphatic rings. The van der Waals surface area contributed by atoms with Crippen LogP contribution >= 0.6 is 15.9 Å². The van der Waals surface area contributed by atoms with Gasteiger partial charge in [0, 0.05) is 30.5 Å². The number of halogens is 2. The van der Waals surface area contributed by atoms with E-state index < -0.39 is 0 Å². The average molecular weight is 419 g/mol. The molecule has 0 saturated carbocycles. The molecule has 1 aliphatic heterocycles. The van der Waals surface area contributed by atoms with Gasteiger partial charge in [-0.2, -0.15) is 0 Å². The minimum Gasteiger partial charge on any atom is -0.338 e. The summed E-state index contributed by atoms with van der Waals surface area (Å²) in [6.45, 7) is 3.10. The molecule has 0 aromatic heterocycles. The van der Waals surface area contributed by atoms with E-state index in [9.17, 15) is 14.0 Å². The van der Waals surface area contributed by atoms with Crippen LogP contribution < -0.4 is 4.90 Å². The van der Waals surface area contributed by atoms with Gasteiger partial charge in [0.2, 0.25) is 11.8 Å². The number of hydrogen-bond acceptors (Lipinski definition) is 2. The van der Waals surface area contributed by atoms with Crippen LogP contribution in [0.15, 0.2) is 53.0 Å². The summed E-state index contributed by atoms with van der Waals surface area (Å²) in [4.78, 5) is 28.7. The highest BCUT2D eigenvalue weighted by Crippen LogP contribution is 2.32. The first-order valence-corrected chi connectivity index (χ1v) is 9.37. The predicted octanol–water partition coefficient (Wildman–Crippen LogP) is 3.99. The maximum atomic E-state index is 13.4. The fraction of sp³-hybridized carbons (Fsp3) is 0.300. The number of rotatable bonds is 5. The van der Waals surface area contributed by atoms with E-state index >= 15 is 0 Å². The molecule has 2 aromatic carbocycles. The molecule has 3 rings (SSSR count). The van der Waals surface area contributed by atoms with Crippen LogP contribution in [0, 0.1) is 11.7 Å². The number of benzene rings is 2. The average Bonchev–Trinajstić information content (AvgIpc) is 3.01. The number of carbonyl (C=O) groups excluding carboxylic acids is 2. The van der Waals surface area contributed by atoms with Crippen LogP contribution in [0.1, 0.15) is 18.9 Å². The summed E-state index contributed by atoms with van der Waals surface area (Å²) in [5.41, 5.74) is 1.52. The van der Waals surface area contributed by atoms with Gasteiger partial charge in [0.05, 0.1) is 11.6 Å². The molecule has 0 spiro atoms. The van der Waals surface area contributed by atoms with Crippen LogP contribution in [-0.4, -0.2) is 29.8 Å². The third-order valence-electron chi connectivity index (χ3n) is 4.57. The number of nitrogens with zero attached hydrogens (tertiary/aromatic N) is 2. The third kappa shape index (κ3) is 3.96. The molecule has 0 radical (unpaired) electrons. The minimum absolute atomic E-state index is 0.0583. The molecule has 1 unspecified atom stereocenters. The quantitative estimate of drug-likeness (QED) is 0.736. The molecule has 0 aliphatic carbocycles. The Morgan fingerprint density at radius 3 is 2.73 bits per heavy atom. The summed E-state index contributed by atoms with van der Waals surface area (Å²) in [5, 5.41) is 0. The van der Waals surface area contributed by atoms with Crippen LogP contribution in [0.2, 0.25) is 0 Å². The molecule has 4 nitrogen and oxygen atoms in total. The standard InChI is InChI=1S/C20H20BrFN2O2/c1-2-23(12-14-6-5-7-16(22)10-14)20(26)15-11-19(25)24(13-15)18-9-4-3-8-17(18)21/h3-10,15H,2,11-13H2,1H3. The van der Waals surface area contributed by atoms with Crippen molar-refractivity contribution < 1.29 is 14.0 Å². The van der Waals surface area contributed by atoms with Crippen LogP contribution in [-0.2, 0) is 16.1 Å². The van der Waals surface area contributed by atoms with Gasteiger partial charge in [0.1, 0.15) is 5.82 Å². The lowest BCUT2D eigenvalue weighted by Gasteiger charge is -2.24. The molecule has 136 valence electrons. The summed E-state index contributed by atoms with van der Waals surface area (Å²) in [6.07, 6.45) is 0.194. The lowest BCUT2D eigenvalue weighted by atomic mass is 10.1. The first-order valence-electron chi connectivity index (χ1n) is 8.57. The van der Waals surface area contributed by atoms with Gasteiger partial charge in [0.25, 0.3) is 0 Å². The predicted molar refractivity (Wildman–Crippen MR) is 102 cm³/mol. The maximum Gasteiger partial charge on any atom is 0.228 e. The molecular formula is C20H20BrFN2O2. The first kappa shape index (κ1) is 18.6. The van der Waals surface area contributed by atoms with Crippen molar-refractivity contribution in [3.8, 4) is 0 Å². The Kier molecular flexibility index (Phi) is 5.71. The second-order valence-electron chi connectivity index (χ2n) is 6.34. The Bertz CT molecular complexity index is 827. The number of anilines is 1. The van der Waals surface area contributed by atoms with Crippen LogP contribution in [0.25, 0.3) is 0 Å². The fourth-order valence-electron chi connectivity index (χ4n) is 3.24. The molecule has 1 fully saturated rings. The van der Waals surface area contributed by atoms with E-state index in [1.807, 2.05) is 31.2 Å². The Morgan fingerprint density at radius 1 is 1.27 bits per heavy atom. The van der Waals surface area contributed by atoms with Crippen molar-refractivity contribution in [2.45, 2.75) is 19.9 Å². The first-order chi connectivity index (χ1) is 12.5. The molecule has 2 amide bonds. The summed E-state index contributed by atoms with van der Waals surface area (Å²) >= 11 is 3.46. The Balaban J connectivity index is 1.73. The second kappa shape index (κ2) is 7.99. The summed E-state index contributed by atoms with van der Waals surface area (Å²) in [5.74, 6) is -0.831. The number of hydrogen-bond donors (Lipinski definition) is 0. The zero-order chi connectivity index (χ0) is 18.7. The Hall–Kier alpha value is -2.21. The molecule has 0 bridgehead atoms. The number of carbonyl (C=O) groups is 2. The van der Waals surface area contributed by atoms with E-state index in [2.05, 4.69) is 15.9 Å². The molecule has 26 heavy (non-hydrogen) atoms. The molecule has 1 atom stereocenters. The van der Waals surface area contributed by atoms with E-state index in [4.69, 9.17) is 0 Å². The normalized spacial score (nSPS) is 16.8. The Labute approximate surface area is 160 Å². The van der Waals surface area contributed by atoms with Gasteiger partial charge in [-0.25, -0.2) is 4.39 Å². The van der Waals surface area contributed by atoms with Gasteiger partial charge < -0.3 is 9.80 Å². The highest BCUT2D eigenvalue weighted by atomic mass is 79.9. The monoisotopic (exact) mass is 418 g/mol. The molecule has 6 heteroatoms. The maximum absolute atomic E-state index is 13.4. The van der Waals surface area contributed by atoms with E-state index in [1.165, 1.54) is 12.1 Å². The van der Waals surface area contributed by atoms with Crippen molar-refractivity contribution in [1.29, 1.82) is 0 Å².